The number of hydrogen-bond acceptors (Lipinski definition) is 1. The Balaban J connectivity index is 2.29. The second-order valence-corrected chi connectivity index (χ2v) is 2.58. The molecule has 0 saturated heterocycles. The summed E-state index contributed by atoms with van der Waals surface area (Å²) in [5.74, 6) is 0. The molecule has 0 amide bonds. The molecule has 0 aromatic heterocycles. The van der Waals surface area contributed by atoms with Gasteiger partial charge >= 0.3 is 0 Å². The zero-order valence-corrected chi connectivity index (χ0v) is 6.25. The van der Waals surface area contributed by atoms with Crippen LogP contribution in [0.15, 0.2) is 36.4 Å². The Morgan fingerprint density at radius 3 is 2.55 bits per heavy atom. The largest absolute Gasteiger partial charge is 0.305 e. The Morgan fingerprint density at radius 1 is 1.09 bits per heavy atom. The van der Waals surface area contributed by atoms with Crippen molar-refractivity contribution >= 4 is 5.57 Å². The highest BCUT2D eigenvalue weighted by atomic mass is 14.9. The number of nitrogens with one attached hydrogen (secondary N) is 1. The molecular formula is C10H10N. The smallest absolute Gasteiger partial charge is 0.0524 e. The monoisotopic (exact) mass is 144 g/mol. The molecule has 1 nitrogen and oxygen atoms in total. The fourth-order valence-corrected chi connectivity index (χ4v) is 1.23. The maximum absolute atomic E-state index is 3.15. The van der Waals surface area contributed by atoms with Crippen molar-refractivity contribution in [3.05, 3.63) is 48.5 Å². The summed E-state index contributed by atoms with van der Waals surface area (Å²) in [6, 6.07) is 10.4. The quantitative estimate of drug-likeness (QED) is 0.634. The van der Waals surface area contributed by atoms with Crippen LogP contribution in [-0.2, 0) is 0 Å². The maximum atomic E-state index is 3.15. The van der Waals surface area contributed by atoms with E-state index in [-0.39, 0.29) is 0 Å². The van der Waals surface area contributed by atoms with E-state index in [0.29, 0.717) is 0 Å². The van der Waals surface area contributed by atoms with E-state index < -0.39 is 0 Å². The first-order chi connectivity index (χ1) is 5.47. The molecular weight excluding hydrogens is 134 g/mol. The summed E-state index contributed by atoms with van der Waals surface area (Å²) in [7, 11) is 0. The molecule has 1 N–H and O–H groups in total. The van der Waals surface area contributed by atoms with Crippen LogP contribution < -0.4 is 5.32 Å². The number of rotatable bonds is 1. The van der Waals surface area contributed by atoms with Crippen LogP contribution in [0.1, 0.15) is 5.56 Å². The molecule has 1 heteroatoms. The third-order valence-corrected chi connectivity index (χ3v) is 1.80. The molecule has 1 radical (unpaired) electrons. The predicted molar refractivity (Wildman–Crippen MR) is 46.7 cm³/mol. The molecule has 0 atom stereocenters. The van der Waals surface area contributed by atoms with Gasteiger partial charge in [0.1, 0.15) is 0 Å². The molecule has 1 aromatic carbocycles. The summed E-state index contributed by atoms with van der Waals surface area (Å²) in [4.78, 5) is 0. The summed E-state index contributed by atoms with van der Waals surface area (Å²) in [5, 5.41) is 3.15. The lowest BCUT2D eigenvalue weighted by molar-refractivity contribution is 0.980. The van der Waals surface area contributed by atoms with Gasteiger partial charge in [-0.3, -0.25) is 0 Å². The minimum absolute atomic E-state index is 0.963. The van der Waals surface area contributed by atoms with Gasteiger partial charge in [0, 0.05) is 6.54 Å². The average molecular weight is 144 g/mol. The molecule has 0 fully saturated rings. The third kappa shape index (κ3) is 1.33. The predicted octanol–water partition coefficient (Wildman–Crippen LogP) is 1.83. The topological polar surface area (TPSA) is 12.0 Å². The van der Waals surface area contributed by atoms with Gasteiger partial charge < -0.3 is 5.32 Å². The maximum Gasteiger partial charge on any atom is 0.0524 e. The van der Waals surface area contributed by atoms with Crippen molar-refractivity contribution in [1.29, 1.82) is 0 Å². The summed E-state index contributed by atoms with van der Waals surface area (Å²) >= 11 is 0. The lowest BCUT2D eigenvalue weighted by atomic mass is 10.1. The van der Waals surface area contributed by atoms with Crippen molar-refractivity contribution in [2.45, 2.75) is 0 Å². The van der Waals surface area contributed by atoms with E-state index in [4.69, 9.17) is 0 Å². The first-order valence-corrected chi connectivity index (χ1v) is 3.79. The van der Waals surface area contributed by atoms with E-state index in [9.17, 15) is 0 Å². The molecule has 1 aromatic rings. The van der Waals surface area contributed by atoms with Crippen LogP contribution in [0.4, 0.5) is 0 Å². The van der Waals surface area contributed by atoms with E-state index in [0.717, 1.165) is 6.54 Å². The van der Waals surface area contributed by atoms with Crippen molar-refractivity contribution in [3.63, 3.8) is 0 Å². The Hall–Kier alpha value is -1.08. The van der Waals surface area contributed by atoms with Crippen molar-refractivity contribution in [1.82, 2.24) is 5.32 Å². The zero-order valence-electron chi connectivity index (χ0n) is 6.25. The van der Waals surface area contributed by atoms with E-state index >= 15 is 0 Å². The van der Waals surface area contributed by atoms with E-state index in [1.54, 1.807) is 0 Å². The van der Waals surface area contributed by atoms with Crippen molar-refractivity contribution < 1.29 is 0 Å². The molecule has 0 unspecified atom stereocenters. The average Bonchev–Trinajstić information content (AvgIpc) is 2.58. The Morgan fingerprint density at radius 2 is 1.91 bits per heavy atom. The standard InChI is InChI=1S/C10H10N/c1-2-4-9(5-3-1)10-6-7-11-8-10/h1-6,8,11H,7H2. The van der Waals surface area contributed by atoms with Gasteiger partial charge in [0.15, 0.2) is 0 Å². The number of benzene rings is 1. The lowest BCUT2D eigenvalue weighted by Crippen LogP contribution is -2.01. The van der Waals surface area contributed by atoms with Gasteiger partial charge in [-0.25, -0.2) is 0 Å². The lowest BCUT2D eigenvalue weighted by Gasteiger charge is -1.98. The van der Waals surface area contributed by atoms with E-state index in [1.165, 1.54) is 11.1 Å². The Bertz CT molecular complexity index is 261. The van der Waals surface area contributed by atoms with Crippen molar-refractivity contribution in [2.24, 2.45) is 0 Å². The minimum atomic E-state index is 0.963. The van der Waals surface area contributed by atoms with E-state index in [1.807, 2.05) is 6.07 Å². The Labute approximate surface area is 66.7 Å². The number of hydrogen-bond donors (Lipinski definition) is 1. The Kier molecular flexibility index (Phi) is 1.74. The second kappa shape index (κ2) is 2.89. The molecule has 0 spiro atoms. The molecule has 0 bridgehead atoms. The van der Waals surface area contributed by atoms with Crippen molar-refractivity contribution in [3.8, 4) is 0 Å². The van der Waals surface area contributed by atoms with Gasteiger partial charge in [0.25, 0.3) is 0 Å². The van der Waals surface area contributed by atoms with Crippen LogP contribution in [0.3, 0.4) is 0 Å². The highest BCUT2D eigenvalue weighted by Crippen LogP contribution is 2.17. The zero-order chi connectivity index (χ0) is 7.52. The van der Waals surface area contributed by atoms with Gasteiger partial charge in [-0.1, -0.05) is 36.4 Å². The van der Waals surface area contributed by atoms with Gasteiger partial charge in [0.05, 0.1) is 6.54 Å². The minimum Gasteiger partial charge on any atom is -0.305 e. The molecule has 1 aliphatic heterocycles. The summed E-state index contributed by atoms with van der Waals surface area (Å²) in [5.41, 5.74) is 2.59. The summed E-state index contributed by atoms with van der Waals surface area (Å²) < 4.78 is 0. The summed E-state index contributed by atoms with van der Waals surface area (Å²) in [6.07, 6.45) is 2.19. The van der Waals surface area contributed by atoms with Crippen LogP contribution >= 0.6 is 0 Å². The van der Waals surface area contributed by atoms with Crippen LogP contribution in [0.25, 0.3) is 5.57 Å². The molecule has 2 rings (SSSR count). The molecule has 0 aliphatic carbocycles. The fraction of sp³-hybridized carbons (Fsp3) is 0.100. The molecule has 11 heavy (non-hydrogen) atoms. The van der Waals surface area contributed by atoms with Crippen LogP contribution in [-0.4, -0.2) is 6.54 Å². The van der Waals surface area contributed by atoms with Gasteiger partial charge in [-0.2, -0.15) is 0 Å². The molecule has 1 aliphatic rings. The van der Waals surface area contributed by atoms with Crippen LogP contribution in [0.2, 0.25) is 0 Å². The van der Waals surface area contributed by atoms with Gasteiger partial charge in [0.2, 0.25) is 0 Å². The van der Waals surface area contributed by atoms with Gasteiger partial charge in [-0.05, 0) is 11.1 Å². The highest BCUT2D eigenvalue weighted by Gasteiger charge is 2.04. The summed E-state index contributed by atoms with van der Waals surface area (Å²) in [6.45, 7) is 3.01. The fourth-order valence-electron chi connectivity index (χ4n) is 1.23. The SMILES string of the molecule is [CH]1NCC=C1c1ccccc1. The first kappa shape index (κ1) is 6.62. The second-order valence-electron chi connectivity index (χ2n) is 2.58. The van der Waals surface area contributed by atoms with E-state index in [2.05, 4.69) is 42.2 Å². The molecule has 55 valence electrons. The van der Waals surface area contributed by atoms with Crippen LogP contribution in [0, 0.1) is 6.54 Å². The molecule has 1 heterocycles. The molecule has 0 saturated carbocycles. The van der Waals surface area contributed by atoms with Crippen LogP contribution in [0.5, 0.6) is 0 Å². The normalized spacial score (nSPS) is 16.5. The first-order valence-electron chi connectivity index (χ1n) is 3.79. The third-order valence-electron chi connectivity index (χ3n) is 1.80. The highest BCUT2D eigenvalue weighted by molar-refractivity contribution is 5.73. The van der Waals surface area contributed by atoms with Gasteiger partial charge in [-0.15, -0.1) is 0 Å². The van der Waals surface area contributed by atoms with Crippen molar-refractivity contribution in [2.75, 3.05) is 6.54 Å².